The lowest BCUT2D eigenvalue weighted by molar-refractivity contribution is -0.717. The summed E-state index contributed by atoms with van der Waals surface area (Å²) in [5.74, 6) is 0. The zero-order valence-corrected chi connectivity index (χ0v) is 12.7. The molecule has 0 N–H and O–H groups in total. The van der Waals surface area contributed by atoms with Crippen molar-refractivity contribution in [1.82, 2.24) is 5.10 Å². The van der Waals surface area contributed by atoms with Gasteiger partial charge in [0.2, 0.25) is 5.69 Å². The van der Waals surface area contributed by atoms with Gasteiger partial charge in [0.1, 0.15) is 5.52 Å². The number of fused-ring (bicyclic) bond motifs is 2. The quantitative estimate of drug-likeness (QED) is 0.378. The van der Waals surface area contributed by atoms with Crippen LogP contribution in [0.5, 0.6) is 0 Å². The summed E-state index contributed by atoms with van der Waals surface area (Å²) in [5, 5.41) is 8.42. The van der Waals surface area contributed by atoms with Crippen LogP contribution in [-0.2, 0) is 7.05 Å². The normalized spacial score (nSPS) is 11.2. The first-order chi connectivity index (χ1) is 10.7. The number of aryl methyl sites for hydroxylation is 2. The van der Waals surface area contributed by atoms with Crippen molar-refractivity contribution >= 4 is 21.7 Å². The largest absolute Gasteiger partial charge is 0.239 e. The van der Waals surface area contributed by atoms with E-state index in [-0.39, 0.29) is 0 Å². The summed E-state index contributed by atoms with van der Waals surface area (Å²) in [7, 11) is 2.01. The molecule has 0 spiro atoms. The van der Waals surface area contributed by atoms with Gasteiger partial charge in [-0.2, -0.15) is 0 Å². The van der Waals surface area contributed by atoms with Gasteiger partial charge in [-0.25, -0.2) is 0 Å². The fourth-order valence-corrected chi connectivity index (χ4v) is 3.02. The molecule has 4 aromatic rings. The molecule has 2 nitrogen and oxygen atoms in total. The fraction of sp³-hybridized carbons (Fsp3) is 0.100. The minimum Gasteiger partial charge on any atom is -0.0858 e. The highest BCUT2D eigenvalue weighted by atomic mass is 15.2. The van der Waals surface area contributed by atoms with Crippen LogP contribution in [0.1, 0.15) is 5.56 Å². The van der Waals surface area contributed by atoms with E-state index in [1.54, 1.807) is 0 Å². The van der Waals surface area contributed by atoms with Crippen molar-refractivity contribution in [3.8, 4) is 11.3 Å². The number of rotatable bonds is 1. The molecular weight excluding hydrogens is 268 g/mol. The highest BCUT2D eigenvalue weighted by molar-refractivity contribution is 5.96. The Balaban J connectivity index is 2.03. The third-order valence-electron chi connectivity index (χ3n) is 4.21. The molecule has 0 aliphatic heterocycles. The Bertz CT molecular complexity index is 1000. The summed E-state index contributed by atoms with van der Waals surface area (Å²) in [5.41, 5.74) is 4.66. The topological polar surface area (TPSA) is 16.8 Å². The van der Waals surface area contributed by atoms with Gasteiger partial charge in [0.05, 0.1) is 5.56 Å². The van der Waals surface area contributed by atoms with Gasteiger partial charge < -0.3 is 0 Å². The first-order valence-electron chi connectivity index (χ1n) is 7.48. The molecule has 0 amide bonds. The molecule has 2 heteroatoms. The van der Waals surface area contributed by atoms with Crippen LogP contribution in [-0.4, -0.2) is 5.10 Å². The van der Waals surface area contributed by atoms with E-state index in [1.165, 1.54) is 27.3 Å². The van der Waals surface area contributed by atoms with Gasteiger partial charge in [-0.3, -0.25) is 0 Å². The molecule has 0 fully saturated rings. The Morgan fingerprint density at radius 1 is 0.773 bits per heavy atom. The zero-order valence-electron chi connectivity index (χ0n) is 12.7. The summed E-state index contributed by atoms with van der Waals surface area (Å²) in [6.07, 6.45) is 0. The number of hydrogen-bond donors (Lipinski definition) is 0. The molecule has 106 valence electrons. The molecule has 3 aromatic carbocycles. The van der Waals surface area contributed by atoms with E-state index in [9.17, 15) is 0 Å². The molecule has 0 saturated carbocycles. The van der Waals surface area contributed by atoms with Crippen molar-refractivity contribution in [3.63, 3.8) is 0 Å². The maximum Gasteiger partial charge on any atom is 0.239 e. The molecule has 1 aromatic heterocycles. The maximum atomic E-state index is 4.76. The van der Waals surface area contributed by atoms with Crippen molar-refractivity contribution in [2.75, 3.05) is 0 Å². The van der Waals surface area contributed by atoms with Crippen LogP contribution in [0.4, 0.5) is 0 Å². The van der Waals surface area contributed by atoms with Crippen molar-refractivity contribution in [2.24, 2.45) is 7.05 Å². The second kappa shape index (κ2) is 4.92. The van der Waals surface area contributed by atoms with Crippen LogP contribution in [0.2, 0.25) is 0 Å². The van der Waals surface area contributed by atoms with Gasteiger partial charge in [-0.15, -0.1) is 0 Å². The van der Waals surface area contributed by atoms with Gasteiger partial charge in [-0.05, 0) is 41.5 Å². The lowest BCUT2D eigenvalue weighted by Gasteiger charge is -2.05. The first kappa shape index (κ1) is 13.0. The molecule has 0 bridgehead atoms. The third kappa shape index (κ3) is 2.04. The number of nitrogens with zero attached hydrogens (tertiary/aromatic N) is 2. The molecule has 0 aliphatic carbocycles. The standard InChI is InChI=1S/C20H17N2/c1-14-7-3-6-10-18(14)20-13-17-11-15-8-4-5-9-16(15)12-19(17)21-22(20)2/h3-13H,1-2H3/q+1. The molecule has 0 saturated heterocycles. The number of hydrogen-bond acceptors (Lipinski definition) is 1. The van der Waals surface area contributed by atoms with Crippen LogP contribution in [0.25, 0.3) is 32.9 Å². The SMILES string of the molecule is Cc1ccccc1-c1cc2cc3ccccc3cc2n[n+]1C. The van der Waals surface area contributed by atoms with Crippen LogP contribution in [0, 0.1) is 6.92 Å². The van der Waals surface area contributed by atoms with Crippen LogP contribution in [0.15, 0.2) is 66.7 Å². The Hall–Kier alpha value is -2.74. The Kier molecular flexibility index (Phi) is 2.90. The monoisotopic (exact) mass is 285 g/mol. The average molecular weight is 285 g/mol. The van der Waals surface area contributed by atoms with E-state index >= 15 is 0 Å². The highest BCUT2D eigenvalue weighted by Gasteiger charge is 2.15. The van der Waals surface area contributed by atoms with E-state index in [1.807, 2.05) is 11.7 Å². The predicted octanol–water partition coefficient (Wildman–Crippen LogP) is 4.19. The molecule has 0 radical (unpaired) electrons. The van der Waals surface area contributed by atoms with E-state index in [4.69, 9.17) is 5.10 Å². The Morgan fingerprint density at radius 3 is 2.23 bits per heavy atom. The zero-order chi connectivity index (χ0) is 15.1. The first-order valence-corrected chi connectivity index (χ1v) is 7.48. The van der Waals surface area contributed by atoms with Crippen LogP contribution in [0.3, 0.4) is 0 Å². The summed E-state index contributed by atoms with van der Waals surface area (Å²) in [4.78, 5) is 0. The molecular formula is C20H17N2+. The summed E-state index contributed by atoms with van der Waals surface area (Å²) < 4.78 is 1.97. The van der Waals surface area contributed by atoms with Crippen molar-refractivity contribution in [1.29, 1.82) is 0 Å². The number of aromatic nitrogens is 2. The third-order valence-corrected chi connectivity index (χ3v) is 4.21. The number of benzene rings is 3. The minimum atomic E-state index is 1.03. The average Bonchev–Trinajstić information content (AvgIpc) is 2.53. The van der Waals surface area contributed by atoms with Crippen molar-refractivity contribution in [2.45, 2.75) is 6.92 Å². The summed E-state index contributed by atoms with van der Waals surface area (Å²) in [6.45, 7) is 2.14. The smallest absolute Gasteiger partial charge is 0.0858 e. The second-order valence-corrected chi connectivity index (χ2v) is 5.73. The predicted molar refractivity (Wildman–Crippen MR) is 90.6 cm³/mol. The van der Waals surface area contributed by atoms with E-state index in [0.29, 0.717) is 0 Å². The van der Waals surface area contributed by atoms with Crippen molar-refractivity contribution < 1.29 is 4.68 Å². The van der Waals surface area contributed by atoms with E-state index in [0.717, 1.165) is 11.2 Å². The van der Waals surface area contributed by atoms with Crippen LogP contribution >= 0.6 is 0 Å². The second-order valence-electron chi connectivity index (χ2n) is 5.73. The maximum absolute atomic E-state index is 4.76. The molecule has 1 heterocycles. The molecule has 0 aliphatic rings. The minimum absolute atomic E-state index is 1.03. The molecule has 4 rings (SSSR count). The fourth-order valence-electron chi connectivity index (χ4n) is 3.02. The lowest BCUT2D eigenvalue weighted by Crippen LogP contribution is -2.35. The van der Waals surface area contributed by atoms with Gasteiger partial charge in [0, 0.05) is 16.6 Å². The molecule has 22 heavy (non-hydrogen) atoms. The summed E-state index contributed by atoms with van der Waals surface area (Å²) in [6, 6.07) is 23.5. The lowest BCUT2D eigenvalue weighted by atomic mass is 10.0. The highest BCUT2D eigenvalue weighted by Crippen LogP contribution is 2.25. The van der Waals surface area contributed by atoms with Gasteiger partial charge in [-0.1, -0.05) is 47.1 Å². The van der Waals surface area contributed by atoms with E-state index < -0.39 is 0 Å². The van der Waals surface area contributed by atoms with Gasteiger partial charge in [0.25, 0.3) is 0 Å². The van der Waals surface area contributed by atoms with Crippen LogP contribution < -0.4 is 4.68 Å². The van der Waals surface area contributed by atoms with E-state index in [2.05, 4.69) is 73.7 Å². The summed E-state index contributed by atoms with van der Waals surface area (Å²) >= 11 is 0. The van der Waals surface area contributed by atoms with Gasteiger partial charge >= 0.3 is 0 Å². The van der Waals surface area contributed by atoms with Gasteiger partial charge in [0.15, 0.2) is 7.05 Å². The Labute approximate surface area is 129 Å². The Morgan fingerprint density at radius 2 is 1.45 bits per heavy atom. The molecule has 0 unspecified atom stereocenters. The molecule has 0 atom stereocenters. The van der Waals surface area contributed by atoms with Crippen molar-refractivity contribution in [3.05, 3.63) is 72.3 Å².